The predicted octanol–water partition coefficient (Wildman–Crippen LogP) is 3.23. The van der Waals surface area contributed by atoms with Crippen molar-refractivity contribution in [3.63, 3.8) is 0 Å². The summed E-state index contributed by atoms with van der Waals surface area (Å²) in [7, 11) is 0. The van der Waals surface area contributed by atoms with E-state index in [9.17, 15) is 18.0 Å². The molecule has 0 spiro atoms. The number of piperazine rings is 1. The van der Waals surface area contributed by atoms with Gasteiger partial charge in [0, 0.05) is 25.3 Å². The van der Waals surface area contributed by atoms with E-state index in [-0.39, 0.29) is 12.5 Å². The maximum atomic E-state index is 12.9. The van der Waals surface area contributed by atoms with Crippen LogP contribution < -0.4 is 4.90 Å². The minimum absolute atomic E-state index is 0.00712. The monoisotopic (exact) mass is 369 g/mol. The largest absolute Gasteiger partial charge is 0.416 e. The SMILES string of the molecule is O=C1CN(c2cccc(C(F)(F)F)c2)CCN1CCCN1CCCCC1. The van der Waals surface area contributed by atoms with Crippen molar-refractivity contribution in [1.82, 2.24) is 9.80 Å². The topological polar surface area (TPSA) is 26.8 Å². The van der Waals surface area contributed by atoms with E-state index >= 15 is 0 Å². The number of carbonyl (C=O) groups is 1. The quantitative estimate of drug-likeness (QED) is 0.797. The maximum Gasteiger partial charge on any atom is 0.416 e. The number of hydrogen-bond donors (Lipinski definition) is 0. The zero-order valence-electron chi connectivity index (χ0n) is 15.0. The summed E-state index contributed by atoms with van der Waals surface area (Å²) < 4.78 is 38.6. The van der Waals surface area contributed by atoms with E-state index in [4.69, 9.17) is 0 Å². The Morgan fingerprint density at radius 2 is 1.73 bits per heavy atom. The fraction of sp³-hybridized carbons (Fsp3) is 0.632. The molecule has 0 saturated carbocycles. The number of carbonyl (C=O) groups excluding carboxylic acids is 1. The van der Waals surface area contributed by atoms with Gasteiger partial charge in [-0.2, -0.15) is 13.2 Å². The molecule has 1 amide bonds. The smallest absolute Gasteiger partial charge is 0.360 e. The maximum absolute atomic E-state index is 12.9. The number of piperidine rings is 1. The summed E-state index contributed by atoms with van der Waals surface area (Å²) >= 11 is 0. The summed E-state index contributed by atoms with van der Waals surface area (Å²) in [6, 6.07) is 5.21. The molecule has 0 bridgehead atoms. The second-order valence-electron chi connectivity index (χ2n) is 7.11. The molecule has 1 aromatic rings. The van der Waals surface area contributed by atoms with Gasteiger partial charge < -0.3 is 14.7 Å². The second-order valence-corrected chi connectivity index (χ2v) is 7.11. The van der Waals surface area contributed by atoms with E-state index in [1.165, 1.54) is 25.3 Å². The van der Waals surface area contributed by atoms with Gasteiger partial charge in [-0.3, -0.25) is 4.79 Å². The molecule has 2 saturated heterocycles. The van der Waals surface area contributed by atoms with Gasteiger partial charge in [-0.1, -0.05) is 12.5 Å². The van der Waals surface area contributed by atoms with Gasteiger partial charge in [0.15, 0.2) is 0 Å². The lowest BCUT2D eigenvalue weighted by molar-refractivity contribution is -0.137. The van der Waals surface area contributed by atoms with Crippen molar-refractivity contribution in [3.8, 4) is 0 Å². The molecule has 3 rings (SSSR count). The normalized spacial score (nSPS) is 19.9. The number of benzene rings is 1. The molecule has 2 heterocycles. The van der Waals surface area contributed by atoms with Crippen molar-refractivity contribution < 1.29 is 18.0 Å². The lowest BCUT2D eigenvalue weighted by Gasteiger charge is -2.36. The molecule has 7 heteroatoms. The van der Waals surface area contributed by atoms with Gasteiger partial charge in [-0.05, 0) is 57.1 Å². The molecule has 26 heavy (non-hydrogen) atoms. The van der Waals surface area contributed by atoms with E-state index < -0.39 is 11.7 Å². The van der Waals surface area contributed by atoms with Gasteiger partial charge in [0.1, 0.15) is 0 Å². The molecular weight excluding hydrogens is 343 g/mol. The number of anilines is 1. The standard InChI is InChI=1S/C19H26F3N3O/c20-19(21,22)16-6-4-7-17(14-16)25-13-12-24(18(26)15-25)11-5-10-23-8-2-1-3-9-23/h4,6-7,14H,1-3,5,8-13,15H2. The highest BCUT2D eigenvalue weighted by Crippen LogP contribution is 2.31. The van der Waals surface area contributed by atoms with Crippen LogP contribution in [0.5, 0.6) is 0 Å². The number of alkyl halides is 3. The van der Waals surface area contributed by atoms with E-state index in [1.807, 2.05) is 4.90 Å². The van der Waals surface area contributed by atoms with Gasteiger partial charge in [-0.25, -0.2) is 0 Å². The van der Waals surface area contributed by atoms with E-state index in [1.54, 1.807) is 11.0 Å². The van der Waals surface area contributed by atoms with Crippen LogP contribution in [0.2, 0.25) is 0 Å². The summed E-state index contributed by atoms with van der Waals surface area (Å²) in [6.07, 6.45) is 0.418. The Kier molecular flexibility index (Phi) is 6.06. The fourth-order valence-corrected chi connectivity index (χ4v) is 3.71. The molecule has 0 atom stereocenters. The molecule has 2 aliphatic rings. The predicted molar refractivity (Wildman–Crippen MR) is 95.1 cm³/mol. The van der Waals surface area contributed by atoms with Crippen LogP contribution in [0, 0.1) is 0 Å². The van der Waals surface area contributed by atoms with Crippen LogP contribution in [-0.4, -0.2) is 61.5 Å². The first-order chi connectivity index (χ1) is 12.4. The van der Waals surface area contributed by atoms with Crippen molar-refractivity contribution in [2.75, 3.05) is 50.7 Å². The highest BCUT2D eigenvalue weighted by atomic mass is 19.4. The van der Waals surface area contributed by atoms with E-state index in [0.717, 1.165) is 44.7 Å². The van der Waals surface area contributed by atoms with Crippen LogP contribution in [0.3, 0.4) is 0 Å². The number of likely N-dealkylation sites (tertiary alicyclic amines) is 1. The Labute approximate surface area is 152 Å². The van der Waals surface area contributed by atoms with Gasteiger partial charge >= 0.3 is 6.18 Å². The molecule has 0 aliphatic carbocycles. The van der Waals surface area contributed by atoms with Crippen molar-refractivity contribution in [2.24, 2.45) is 0 Å². The number of rotatable bonds is 5. The van der Waals surface area contributed by atoms with E-state index in [0.29, 0.717) is 18.8 Å². The number of amides is 1. The molecule has 1 aromatic carbocycles. The average molecular weight is 369 g/mol. The Morgan fingerprint density at radius 3 is 2.42 bits per heavy atom. The minimum atomic E-state index is -4.36. The molecule has 0 N–H and O–H groups in total. The summed E-state index contributed by atoms with van der Waals surface area (Å²) in [5, 5.41) is 0. The molecule has 0 radical (unpaired) electrons. The summed E-state index contributed by atoms with van der Waals surface area (Å²) in [6.45, 7) is 5.32. The van der Waals surface area contributed by atoms with Gasteiger partial charge in [0.25, 0.3) is 0 Å². The van der Waals surface area contributed by atoms with Crippen LogP contribution in [0.1, 0.15) is 31.2 Å². The van der Waals surface area contributed by atoms with Gasteiger partial charge in [-0.15, -0.1) is 0 Å². The number of halogens is 3. The van der Waals surface area contributed by atoms with Crippen LogP contribution in [0.25, 0.3) is 0 Å². The fourth-order valence-electron chi connectivity index (χ4n) is 3.71. The Hall–Kier alpha value is -1.76. The van der Waals surface area contributed by atoms with E-state index in [2.05, 4.69) is 4.90 Å². The number of nitrogens with zero attached hydrogens (tertiary/aromatic N) is 3. The van der Waals surface area contributed by atoms with Gasteiger partial charge in [0.05, 0.1) is 12.1 Å². The Balaban J connectivity index is 1.49. The summed E-state index contributed by atoms with van der Waals surface area (Å²) in [5.41, 5.74) is -0.215. The molecule has 4 nitrogen and oxygen atoms in total. The zero-order valence-corrected chi connectivity index (χ0v) is 15.0. The molecule has 2 fully saturated rings. The van der Waals surface area contributed by atoms with Crippen LogP contribution >= 0.6 is 0 Å². The zero-order chi connectivity index (χ0) is 18.6. The lowest BCUT2D eigenvalue weighted by Crippen LogP contribution is -2.51. The van der Waals surface area contributed by atoms with Crippen LogP contribution in [0.4, 0.5) is 18.9 Å². The first kappa shape index (κ1) is 19.0. The first-order valence-corrected chi connectivity index (χ1v) is 9.36. The average Bonchev–Trinajstić information content (AvgIpc) is 2.63. The van der Waals surface area contributed by atoms with Crippen molar-refractivity contribution in [3.05, 3.63) is 29.8 Å². The third-order valence-corrected chi connectivity index (χ3v) is 5.21. The Bertz CT molecular complexity index is 614. The molecular formula is C19H26F3N3O. The molecule has 0 aromatic heterocycles. The highest BCUT2D eigenvalue weighted by Gasteiger charge is 2.31. The first-order valence-electron chi connectivity index (χ1n) is 9.36. The van der Waals surface area contributed by atoms with Crippen molar-refractivity contribution in [1.29, 1.82) is 0 Å². The summed E-state index contributed by atoms with van der Waals surface area (Å²) in [4.78, 5) is 18.4. The Morgan fingerprint density at radius 1 is 0.962 bits per heavy atom. The van der Waals surface area contributed by atoms with Crippen LogP contribution in [-0.2, 0) is 11.0 Å². The lowest BCUT2D eigenvalue weighted by atomic mass is 10.1. The third kappa shape index (κ3) is 4.90. The molecule has 2 aliphatic heterocycles. The molecule has 144 valence electrons. The van der Waals surface area contributed by atoms with Crippen LogP contribution in [0.15, 0.2) is 24.3 Å². The highest BCUT2D eigenvalue weighted by molar-refractivity contribution is 5.82. The number of hydrogen-bond acceptors (Lipinski definition) is 3. The van der Waals surface area contributed by atoms with Crippen molar-refractivity contribution in [2.45, 2.75) is 31.9 Å². The summed E-state index contributed by atoms with van der Waals surface area (Å²) in [5.74, 6) is -0.00712. The minimum Gasteiger partial charge on any atom is -0.360 e. The van der Waals surface area contributed by atoms with Crippen molar-refractivity contribution >= 4 is 11.6 Å². The van der Waals surface area contributed by atoms with Gasteiger partial charge in [0.2, 0.25) is 5.91 Å². The molecule has 0 unspecified atom stereocenters. The third-order valence-electron chi connectivity index (χ3n) is 5.21. The second kappa shape index (κ2) is 8.29.